The summed E-state index contributed by atoms with van der Waals surface area (Å²) in [5, 5.41) is 1.82. The van der Waals surface area contributed by atoms with Crippen molar-refractivity contribution in [1.29, 1.82) is 0 Å². The lowest BCUT2D eigenvalue weighted by Crippen LogP contribution is -2.23. The van der Waals surface area contributed by atoms with E-state index in [9.17, 15) is 8.42 Å². The molecule has 4 rings (SSSR count). The fourth-order valence-electron chi connectivity index (χ4n) is 3.36. The van der Waals surface area contributed by atoms with Crippen molar-refractivity contribution in [3.63, 3.8) is 0 Å². The highest BCUT2D eigenvalue weighted by Crippen LogP contribution is 2.22. The predicted molar refractivity (Wildman–Crippen MR) is 125 cm³/mol. The molecule has 0 aliphatic rings. The van der Waals surface area contributed by atoms with Gasteiger partial charge in [-0.2, -0.15) is 0 Å². The maximum Gasteiger partial charge on any atom is 0.182 e. The van der Waals surface area contributed by atoms with Crippen molar-refractivity contribution in [2.75, 3.05) is 5.06 Å². The van der Waals surface area contributed by atoms with Gasteiger partial charge in [0.25, 0.3) is 0 Å². The third-order valence-corrected chi connectivity index (χ3v) is 6.74. The lowest BCUT2D eigenvalue weighted by molar-refractivity contribution is 0.0905. The smallest absolute Gasteiger partial charge is 0.182 e. The second kappa shape index (κ2) is 10.2. The minimum absolute atomic E-state index is 0.0771. The van der Waals surface area contributed by atoms with Crippen LogP contribution in [0.3, 0.4) is 0 Å². The number of pyridine rings is 1. The molecule has 0 saturated heterocycles. The molecule has 3 aromatic carbocycles. The Morgan fingerprint density at radius 2 is 1.31 bits per heavy atom. The van der Waals surface area contributed by atoms with Crippen molar-refractivity contribution >= 4 is 15.5 Å². The molecule has 0 bridgehead atoms. The molecule has 0 aliphatic heterocycles. The average Bonchev–Trinajstić information content (AvgIpc) is 2.84. The fraction of sp³-hybridized carbons (Fsp3) is 0.115. The molecule has 0 spiro atoms. The van der Waals surface area contributed by atoms with E-state index in [0.29, 0.717) is 11.4 Å². The summed E-state index contributed by atoms with van der Waals surface area (Å²) in [5.41, 5.74) is 3.54. The molecule has 0 aliphatic carbocycles. The van der Waals surface area contributed by atoms with Gasteiger partial charge in [-0.3, -0.25) is 9.82 Å². The number of rotatable bonds is 9. The van der Waals surface area contributed by atoms with Crippen molar-refractivity contribution in [2.24, 2.45) is 0 Å². The topological polar surface area (TPSA) is 59.5 Å². The van der Waals surface area contributed by atoms with Crippen molar-refractivity contribution in [3.8, 4) is 0 Å². The van der Waals surface area contributed by atoms with Gasteiger partial charge in [-0.15, -0.1) is 0 Å². The van der Waals surface area contributed by atoms with Crippen LogP contribution in [0.5, 0.6) is 0 Å². The van der Waals surface area contributed by atoms with Crippen LogP contribution in [-0.4, -0.2) is 13.4 Å². The molecule has 0 N–H and O–H groups in total. The standard InChI is InChI=1S/C26H24N2O3S/c29-32(30,26-13-5-2-6-14-26)21-24-10-8-7-9-23(24)20-31-28(25-11-3-1-4-12-25)19-22-15-17-27-18-16-22/h1-18H,19-21H2. The van der Waals surface area contributed by atoms with Crippen LogP contribution < -0.4 is 5.06 Å². The first kappa shape index (κ1) is 21.7. The van der Waals surface area contributed by atoms with Crippen molar-refractivity contribution < 1.29 is 13.3 Å². The third-order valence-electron chi connectivity index (χ3n) is 5.06. The number of benzene rings is 3. The molecule has 0 unspecified atom stereocenters. The molecule has 0 radical (unpaired) electrons. The van der Waals surface area contributed by atoms with Crippen LogP contribution in [0.2, 0.25) is 0 Å². The SMILES string of the molecule is O=S(=O)(Cc1ccccc1CON(Cc1ccncc1)c1ccccc1)c1ccccc1. The second-order valence-electron chi connectivity index (χ2n) is 7.34. The highest BCUT2D eigenvalue weighted by atomic mass is 32.2. The molecule has 1 heterocycles. The van der Waals surface area contributed by atoms with E-state index in [1.54, 1.807) is 36.7 Å². The predicted octanol–water partition coefficient (Wildman–Crippen LogP) is 5.19. The zero-order valence-corrected chi connectivity index (χ0v) is 18.4. The van der Waals surface area contributed by atoms with Crippen LogP contribution in [-0.2, 0) is 33.6 Å². The fourth-order valence-corrected chi connectivity index (χ4v) is 4.79. The Kier molecular flexibility index (Phi) is 6.94. The number of anilines is 1. The molecule has 32 heavy (non-hydrogen) atoms. The first-order valence-electron chi connectivity index (χ1n) is 10.3. The van der Waals surface area contributed by atoms with E-state index in [2.05, 4.69) is 4.98 Å². The van der Waals surface area contributed by atoms with Crippen molar-refractivity contribution in [1.82, 2.24) is 4.98 Å². The lowest BCUT2D eigenvalue weighted by Gasteiger charge is -2.24. The Bertz CT molecular complexity index is 1230. The van der Waals surface area contributed by atoms with Gasteiger partial charge in [-0.25, -0.2) is 13.5 Å². The van der Waals surface area contributed by atoms with Crippen LogP contribution in [0.4, 0.5) is 5.69 Å². The number of hydrogen-bond acceptors (Lipinski definition) is 5. The molecule has 0 atom stereocenters. The second-order valence-corrected chi connectivity index (χ2v) is 9.33. The number of para-hydroxylation sites is 1. The van der Waals surface area contributed by atoms with Gasteiger partial charge in [0.2, 0.25) is 0 Å². The Morgan fingerprint density at radius 3 is 2.00 bits per heavy atom. The van der Waals surface area contributed by atoms with Gasteiger partial charge in [-0.1, -0.05) is 60.7 Å². The van der Waals surface area contributed by atoms with Crippen LogP contribution in [0.25, 0.3) is 0 Å². The zero-order valence-electron chi connectivity index (χ0n) is 17.5. The van der Waals surface area contributed by atoms with E-state index in [0.717, 1.165) is 22.4 Å². The third kappa shape index (κ3) is 5.60. The highest BCUT2D eigenvalue weighted by Gasteiger charge is 2.18. The maximum absolute atomic E-state index is 12.9. The minimum atomic E-state index is -3.45. The first-order chi connectivity index (χ1) is 15.6. The summed E-state index contributed by atoms with van der Waals surface area (Å²) in [6, 6.07) is 29.7. The van der Waals surface area contributed by atoms with Crippen molar-refractivity contribution in [2.45, 2.75) is 23.8 Å². The Hall–Kier alpha value is -3.48. The number of aromatic nitrogens is 1. The van der Waals surface area contributed by atoms with Crippen LogP contribution in [0.15, 0.2) is 114 Å². The Balaban J connectivity index is 1.54. The van der Waals surface area contributed by atoms with Gasteiger partial charge in [0.15, 0.2) is 9.84 Å². The summed E-state index contributed by atoms with van der Waals surface area (Å²) >= 11 is 0. The molecular formula is C26H24N2O3S. The Labute approximate surface area is 188 Å². The van der Waals surface area contributed by atoms with E-state index in [1.165, 1.54) is 0 Å². The molecule has 162 valence electrons. The summed E-state index contributed by atoms with van der Waals surface area (Å²) in [7, 11) is -3.45. The van der Waals surface area contributed by atoms with Crippen LogP contribution in [0, 0.1) is 0 Å². The quantitative estimate of drug-likeness (QED) is 0.332. The van der Waals surface area contributed by atoms with E-state index in [4.69, 9.17) is 4.84 Å². The summed E-state index contributed by atoms with van der Waals surface area (Å²) in [6.45, 7) is 0.789. The number of hydroxylamine groups is 1. The number of hydrogen-bond donors (Lipinski definition) is 0. The van der Waals surface area contributed by atoms with E-state index in [1.807, 2.05) is 77.9 Å². The normalized spacial score (nSPS) is 11.2. The number of nitrogens with zero attached hydrogens (tertiary/aromatic N) is 2. The van der Waals surface area contributed by atoms with Gasteiger partial charge in [-0.05, 0) is 53.1 Å². The molecule has 6 heteroatoms. The van der Waals surface area contributed by atoms with Gasteiger partial charge in [0.1, 0.15) is 6.61 Å². The highest BCUT2D eigenvalue weighted by molar-refractivity contribution is 7.90. The summed E-state index contributed by atoms with van der Waals surface area (Å²) in [4.78, 5) is 10.6. The molecule has 4 aromatic rings. The molecule has 0 amide bonds. The summed E-state index contributed by atoms with van der Waals surface area (Å²) in [5.74, 6) is -0.0771. The Morgan fingerprint density at radius 1 is 0.719 bits per heavy atom. The van der Waals surface area contributed by atoms with E-state index in [-0.39, 0.29) is 12.4 Å². The molecular weight excluding hydrogens is 420 g/mol. The van der Waals surface area contributed by atoms with Gasteiger partial charge < -0.3 is 0 Å². The van der Waals surface area contributed by atoms with Gasteiger partial charge in [0, 0.05) is 12.4 Å². The largest absolute Gasteiger partial charge is 0.268 e. The average molecular weight is 445 g/mol. The van der Waals surface area contributed by atoms with Crippen LogP contribution in [0.1, 0.15) is 16.7 Å². The lowest BCUT2D eigenvalue weighted by atomic mass is 10.1. The molecule has 1 aromatic heterocycles. The summed E-state index contributed by atoms with van der Waals surface area (Å²) < 4.78 is 25.8. The first-order valence-corrected chi connectivity index (χ1v) is 12.0. The molecule has 0 fully saturated rings. The monoisotopic (exact) mass is 444 g/mol. The van der Waals surface area contributed by atoms with Gasteiger partial charge in [0.05, 0.1) is 22.9 Å². The van der Waals surface area contributed by atoms with E-state index < -0.39 is 9.84 Å². The maximum atomic E-state index is 12.9. The molecule has 5 nitrogen and oxygen atoms in total. The van der Waals surface area contributed by atoms with Gasteiger partial charge >= 0.3 is 0 Å². The van der Waals surface area contributed by atoms with Crippen molar-refractivity contribution in [3.05, 3.63) is 126 Å². The zero-order chi connectivity index (χ0) is 22.2. The van der Waals surface area contributed by atoms with Crippen LogP contribution >= 0.6 is 0 Å². The van der Waals surface area contributed by atoms with E-state index >= 15 is 0 Å². The minimum Gasteiger partial charge on any atom is -0.268 e. The number of sulfone groups is 1. The molecule has 0 saturated carbocycles. The summed E-state index contributed by atoms with van der Waals surface area (Å²) in [6.07, 6.45) is 3.50.